The maximum absolute atomic E-state index is 5.88. The summed E-state index contributed by atoms with van der Waals surface area (Å²) in [6.45, 7) is 0. The molecule has 0 spiro atoms. The van der Waals surface area contributed by atoms with Crippen molar-refractivity contribution in [1.82, 2.24) is 23.3 Å². The maximum atomic E-state index is 5.88. The van der Waals surface area contributed by atoms with Crippen molar-refractivity contribution in [2.24, 2.45) is 0 Å². The van der Waals surface area contributed by atoms with Crippen LogP contribution in [0, 0.1) is 0 Å². The Morgan fingerprint density at radius 1 is 0.149 bits per heavy atom. The predicted octanol–water partition coefficient (Wildman–Crippen LogP) is 23.5. The van der Waals surface area contributed by atoms with Crippen molar-refractivity contribution >= 4 is 87.2 Å². The number of para-hydroxylation sites is 6. The summed E-state index contributed by atoms with van der Waals surface area (Å²) in [6, 6.07) is 127. The van der Waals surface area contributed by atoms with Crippen molar-refractivity contribution < 1.29 is 0 Å². The van der Waals surface area contributed by atoms with Gasteiger partial charge in [-0.25, -0.2) is 4.98 Å². The summed E-state index contributed by atoms with van der Waals surface area (Å²) >= 11 is 0. The summed E-state index contributed by atoms with van der Waals surface area (Å²) in [6.07, 6.45) is 0. The highest BCUT2D eigenvalue weighted by Crippen LogP contribution is 2.43. The zero-order valence-electron chi connectivity index (χ0n) is 51.1. The highest BCUT2D eigenvalue weighted by Gasteiger charge is 2.22. The molecule has 0 amide bonds. The summed E-state index contributed by atoms with van der Waals surface area (Å²) in [7, 11) is 0. The fourth-order valence-electron chi connectivity index (χ4n) is 15.0. The Balaban J connectivity index is 0.800. The molecule has 5 aromatic heterocycles. The van der Waals surface area contributed by atoms with Crippen molar-refractivity contribution in [1.29, 1.82) is 0 Å². The number of aromatic nitrogens is 5. The van der Waals surface area contributed by atoms with Crippen LogP contribution in [-0.2, 0) is 0 Å². The zero-order valence-corrected chi connectivity index (χ0v) is 51.1. The predicted molar refractivity (Wildman–Crippen MR) is 394 cm³/mol. The summed E-state index contributed by atoms with van der Waals surface area (Å²) < 4.78 is 9.53. The molecular formula is C89H57N5. The molecule has 438 valence electrons. The van der Waals surface area contributed by atoms with Crippen LogP contribution >= 0.6 is 0 Å². The van der Waals surface area contributed by atoms with E-state index in [0.717, 1.165) is 100 Å². The average Bonchev–Trinajstić information content (AvgIpc) is 1.59. The van der Waals surface area contributed by atoms with Crippen LogP contribution < -0.4 is 0 Å². The van der Waals surface area contributed by atoms with E-state index in [9.17, 15) is 0 Å². The van der Waals surface area contributed by atoms with Crippen LogP contribution in [0.25, 0.3) is 177 Å². The Morgan fingerprint density at radius 3 is 0.755 bits per heavy atom. The number of pyridine rings is 1. The van der Waals surface area contributed by atoms with Gasteiger partial charge in [-0.2, -0.15) is 0 Å². The van der Waals surface area contributed by atoms with E-state index in [1.807, 2.05) is 0 Å². The second-order valence-electron chi connectivity index (χ2n) is 24.7. The molecule has 0 saturated carbocycles. The van der Waals surface area contributed by atoms with Crippen molar-refractivity contribution in [3.05, 3.63) is 346 Å². The number of nitrogens with zero attached hydrogens (tertiary/aromatic N) is 5. The van der Waals surface area contributed by atoms with Crippen LogP contribution in [0.15, 0.2) is 346 Å². The molecule has 0 aliphatic carbocycles. The third-order valence-electron chi connectivity index (χ3n) is 19.3. The topological polar surface area (TPSA) is 32.6 Å². The average molecular weight is 1200 g/mol. The van der Waals surface area contributed by atoms with Gasteiger partial charge < -0.3 is 9.13 Å². The maximum Gasteiger partial charge on any atom is 0.140 e. The molecule has 19 aromatic rings. The monoisotopic (exact) mass is 1200 g/mol. The molecule has 0 aliphatic heterocycles. The third-order valence-corrected chi connectivity index (χ3v) is 19.3. The molecule has 0 unspecified atom stereocenters. The smallest absolute Gasteiger partial charge is 0.140 e. The molecule has 5 nitrogen and oxygen atoms in total. The minimum atomic E-state index is 0.829. The number of rotatable bonds is 10. The van der Waals surface area contributed by atoms with Crippen molar-refractivity contribution in [2.75, 3.05) is 0 Å². The lowest BCUT2D eigenvalue weighted by Gasteiger charge is -2.16. The normalized spacial score (nSPS) is 11.8. The minimum Gasteiger partial charge on any atom is -0.309 e. The molecule has 0 radical (unpaired) electrons. The SMILES string of the molecule is c1ccc(-c2cc(-c3ccccc3)cc(-c3cccc(-c4cc(-n5c6ccccc6c6cc(-c7ccc8c(c7)c7ccccc7n8-c7ccccc7)ccc65)nc(-n5c6ccccc6c6cc(-c7ccc8c(c7)c7ccccc7n8-c7ccccc7)ccc65)c4)c3)c2)cc1. The van der Waals surface area contributed by atoms with E-state index in [1.54, 1.807) is 0 Å². The summed E-state index contributed by atoms with van der Waals surface area (Å²) in [4.78, 5) is 5.88. The lowest BCUT2D eigenvalue weighted by atomic mass is 9.92. The van der Waals surface area contributed by atoms with Crippen LogP contribution in [0.2, 0.25) is 0 Å². The summed E-state index contributed by atoms with van der Waals surface area (Å²) in [5.74, 6) is 1.66. The van der Waals surface area contributed by atoms with Gasteiger partial charge in [0.2, 0.25) is 0 Å². The lowest BCUT2D eigenvalue weighted by Crippen LogP contribution is -2.04. The van der Waals surface area contributed by atoms with Gasteiger partial charge in [-0.3, -0.25) is 9.13 Å². The molecule has 5 heterocycles. The Kier molecular flexibility index (Phi) is 12.2. The van der Waals surface area contributed by atoms with E-state index < -0.39 is 0 Å². The number of hydrogen-bond donors (Lipinski definition) is 0. The first-order chi connectivity index (χ1) is 46.6. The van der Waals surface area contributed by atoms with Gasteiger partial charge in [0.15, 0.2) is 0 Å². The van der Waals surface area contributed by atoms with Gasteiger partial charge in [0, 0.05) is 54.5 Å². The highest BCUT2D eigenvalue weighted by molar-refractivity contribution is 6.15. The van der Waals surface area contributed by atoms with Crippen LogP contribution in [0.5, 0.6) is 0 Å². The second-order valence-corrected chi connectivity index (χ2v) is 24.7. The van der Waals surface area contributed by atoms with Crippen molar-refractivity contribution in [2.45, 2.75) is 0 Å². The van der Waals surface area contributed by atoms with E-state index in [4.69, 9.17) is 4.98 Å². The van der Waals surface area contributed by atoms with E-state index in [2.05, 4.69) is 364 Å². The van der Waals surface area contributed by atoms with Gasteiger partial charge in [0.25, 0.3) is 0 Å². The molecule has 19 rings (SSSR count). The van der Waals surface area contributed by atoms with Gasteiger partial charge in [0.05, 0.1) is 44.1 Å². The fourth-order valence-corrected chi connectivity index (χ4v) is 15.0. The number of hydrogen-bond acceptors (Lipinski definition) is 1. The molecule has 0 saturated heterocycles. The minimum absolute atomic E-state index is 0.829. The highest BCUT2D eigenvalue weighted by atomic mass is 15.1. The van der Waals surface area contributed by atoms with E-state index in [0.29, 0.717) is 0 Å². The molecule has 5 heteroatoms. The first-order valence-corrected chi connectivity index (χ1v) is 32.2. The quantitative estimate of drug-likeness (QED) is 0.134. The van der Waals surface area contributed by atoms with Crippen LogP contribution in [0.1, 0.15) is 0 Å². The Labute approximate surface area is 542 Å². The van der Waals surface area contributed by atoms with Crippen molar-refractivity contribution in [3.63, 3.8) is 0 Å². The van der Waals surface area contributed by atoms with Gasteiger partial charge in [0.1, 0.15) is 11.6 Å². The largest absolute Gasteiger partial charge is 0.309 e. The molecule has 0 fully saturated rings. The number of fused-ring (bicyclic) bond motifs is 12. The fraction of sp³-hybridized carbons (Fsp3) is 0. The van der Waals surface area contributed by atoms with Gasteiger partial charge in [-0.1, -0.05) is 212 Å². The molecule has 14 aromatic carbocycles. The molecule has 94 heavy (non-hydrogen) atoms. The Hall–Kier alpha value is -12.6. The second kappa shape index (κ2) is 21.6. The molecule has 0 atom stereocenters. The van der Waals surface area contributed by atoms with E-state index in [1.165, 1.54) is 77.0 Å². The standard InChI is InChI=1S/C89H57N5/c1-5-22-58(23-6-1)66-49-67(59-24-7-2-8-25-59)51-68(50-66)60-26-21-27-61(48-60)69-56-88(93-82-38-19-15-34-74(82)78-54-64(42-46-86(78)93)62-40-44-84-76(52-62)72-32-13-17-36-80(72)91(84)70-28-9-3-10-29-70)90-89(57-69)94-83-39-20-16-35-75(83)79-55-65(43-47-87(79)94)63-41-45-85-77(53-63)73-33-14-18-37-81(73)92(85)71-30-11-4-12-31-71/h1-57H. The van der Waals surface area contributed by atoms with E-state index in [-0.39, 0.29) is 0 Å². The van der Waals surface area contributed by atoms with Crippen LogP contribution in [-0.4, -0.2) is 23.3 Å². The van der Waals surface area contributed by atoms with Gasteiger partial charge in [-0.05, 0) is 200 Å². The lowest BCUT2D eigenvalue weighted by molar-refractivity contribution is 1.01. The Morgan fingerprint density at radius 2 is 0.394 bits per heavy atom. The molecular weight excluding hydrogens is 1140 g/mol. The summed E-state index contributed by atoms with van der Waals surface area (Å²) in [5.41, 5.74) is 25.2. The summed E-state index contributed by atoms with van der Waals surface area (Å²) in [5, 5.41) is 9.57. The first kappa shape index (κ1) is 53.3. The first-order valence-electron chi connectivity index (χ1n) is 32.2. The number of benzene rings is 14. The molecule has 0 aliphatic rings. The Bertz CT molecular complexity index is 5860. The van der Waals surface area contributed by atoms with E-state index >= 15 is 0 Å². The zero-order chi connectivity index (χ0) is 61.8. The van der Waals surface area contributed by atoms with Crippen LogP contribution in [0.4, 0.5) is 0 Å². The van der Waals surface area contributed by atoms with Crippen LogP contribution in [0.3, 0.4) is 0 Å². The molecule has 0 N–H and O–H groups in total. The van der Waals surface area contributed by atoms with Gasteiger partial charge in [-0.15, -0.1) is 0 Å². The van der Waals surface area contributed by atoms with Crippen molar-refractivity contribution in [3.8, 4) is 89.8 Å². The third kappa shape index (κ3) is 8.67. The van der Waals surface area contributed by atoms with Gasteiger partial charge >= 0.3 is 0 Å². The molecule has 0 bridgehead atoms.